The first-order chi connectivity index (χ1) is 13.8. The molecule has 0 aliphatic carbocycles. The average Bonchev–Trinajstić information content (AvgIpc) is 2.69. The lowest BCUT2D eigenvalue weighted by Gasteiger charge is -2.43. The summed E-state index contributed by atoms with van der Waals surface area (Å²) in [6.45, 7) is 9.85. The van der Waals surface area contributed by atoms with Crippen LogP contribution in [0.15, 0.2) is 65.4 Å². The summed E-state index contributed by atoms with van der Waals surface area (Å²) in [5.74, 6) is 0. The molecule has 0 atom stereocenters. The van der Waals surface area contributed by atoms with Gasteiger partial charge in [-0.1, -0.05) is 107 Å². The topological polar surface area (TPSA) is 12.4 Å². The van der Waals surface area contributed by atoms with Gasteiger partial charge < -0.3 is 0 Å². The van der Waals surface area contributed by atoms with Gasteiger partial charge in [0, 0.05) is 17.5 Å². The Morgan fingerprint density at radius 1 is 0.655 bits per heavy atom. The maximum absolute atomic E-state index is 5.90. The molecule has 2 heteroatoms. The predicted octanol–water partition coefficient (Wildman–Crippen LogP) is 8.89. The third-order valence-electron chi connectivity index (χ3n) is 6.74. The Morgan fingerprint density at radius 3 is 1.62 bits per heavy atom. The molecular formula is C27H40NP. The Hall–Kier alpha value is -1.33. The van der Waals surface area contributed by atoms with Crippen molar-refractivity contribution >= 4 is 7.05 Å². The molecule has 0 saturated carbocycles. The zero-order chi connectivity index (χ0) is 20.8. The highest BCUT2D eigenvalue weighted by atomic mass is 31.2. The van der Waals surface area contributed by atoms with E-state index in [4.69, 9.17) is 4.74 Å². The monoisotopic (exact) mass is 409 g/mol. The zero-order valence-corrected chi connectivity index (χ0v) is 19.9. The quantitative estimate of drug-likeness (QED) is 0.447. The first-order valence-electron chi connectivity index (χ1n) is 11.5. The molecule has 2 aromatic carbocycles. The van der Waals surface area contributed by atoms with Crippen molar-refractivity contribution in [3.63, 3.8) is 0 Å². The molecule has 0 unspecified atom stereocenters. The summed E-state index contributed by atoms with van der Waals surface area (Å²) in [6, 6.07) is 22.3. The molecule has 0 saturated heterocycles. The van der Waals surface area contributed by atoms with Crippen molar-refractivity contribution in [1.82, 2.24) is 0 Å². The fraction of sp³-hybridized carbons (Fsp3) is 0.556. The highest BCUT2D eigenvalue weighted by molar-refractivity contribution is 7.66. The van der Waals surface area contributed by atoms with Gasteiger partial charge in [0.25, 0.3) is 0 Å². The number of hydrogen-bond acceptors (Lipinski definition) is 1. The van der Waals surface area contributed by atoms with Crippen LogP contribution in [0.2, 0.25) is 0 Å². The second kappa shape index (κ2) is 9.65. The van der Waals surface area contributed by atoms with Crippen LogP contribution in [0.1, 0.15) is 83.8 Å². The van der Waals surface area contributed by atoms with E-state index < -0.39 is 7.05 Å². The lowest BCUT2D eigenvalue weighted by Crippen LogP contribution is -2.26. The summed E-state index contributed by atoms with van der Waals surface area (Å²) in [6.07, 6.45) is 11.5. The van der Waals surface area contributed by atoms with E-state index in [1.807, 2.05) is 0 Å². The van der Waals surface area contributed by atoms with Crippen LogP contribution in [0.4, 0.5) is 0 Å². The first kappa shape index (κ1) is 22.4. The van der Waals surface area contributed by atoms with Crippen molar-refractivity contribution < 1.29 is 0 Å². The van der Waals surface area contributed by atoms with E-state index in [1.54, 1.807) is 0 Å². The molecule has 1 aliphatic heterocycles. The van der Waals surface area contributed by atoms with Crippen LogP contribution >= 0.6 is 7.05 Å². The van der Waals surface area contributed by atoms with E-state index in [0.717, 1.165) is 12.3 Å². The molecule has 0 spiro atoms. The summed E-state index contributed by atoms with van der Waals surface area (Å²) in [5, 5.41) is 0.250. The summed E-state index contributed by atoms with van der Waals surface area (Å²) >= 11 is 0. The van der Waals surface area contributed by atoms with Crippen molar-refractivity contribution in [2.45, 2.75) is 95.7 Å². The number of nitrogens with zero attached hydrogens (tertiary/aromatic N) is 1. The first-order valence-corrected chi connectivity index (χ1v) is 13.6. The Labute approximate surface area is 179 Å². The van der Waals surface area contributed by atoms with Gasteiger partial charge in [0.1, 0.15) is 0 Å². The summed E-state index contributed by atoms with van der Waals surface area (Å²) in [7, 11) is -1.67. The van der Waals surface area contributed by atoms with Gasteiger partial charge >= 0.3 is 0 Å². The molecule has 0 radical (unpaired) electrons. The Balaban J connectivity index is 2.15. The van der Waals surface area contributed by atoms with E-state index in [0.29, 0.717) is 0 Å². The van der Waals surface area contributed by atoms with Gasteiger partial charge in [0.05, 0.1) is 5.54 Å². The van der Waals surface area contributed by atoms with E-state index in [2.05, 4.69) is 88.4 Å². The van der Waals surface area contributed by atoms with Crippen molar-refractivity contribution in [3.8, 4) is 0 Å². The van der Waals surface area contributed by atoms with Crippen molar-refractivity contribution in [2.24, 2.45) is 4.74 Å². The van der Waals surface area contributed by atoms with Crippen molar-refractivity contribution in [2.75, 3.05) is 0 Å². The Bertz CT molecular complexity index is 759. The third-order valence-corrected chi connectivity index (χ3v) is 11.9. The lowest BCUT2D eigenvalue weighted by molar-refractivity contribution is 0.449. The maximum Gasteiger partial charge on any atom is 0.0537 e. The molecule has 0 fully saturated rings. The highest BCUT2D eigenvalue weighted by Crippen LogP contribution is 2.68. The van der Waals surface area contributed by atoms with Gasteiger partial charge in [-0.2, -0.15) is 0 Å². The van der Waals surface area contributed by atoms with E-state index in [9.17, 15) is 0 Å². The summed E-state index contributed by atoms with van der Waals surface area (Å²) < 4.78 is 5.90. The Kier molecular flexibility index (Phi) is 7.44. The number of benzene rings is 2. The van der Waals surface area contributed by atoms with Crippen LogP contribution in [0, 0.1) is 0 Å². The standard InChI is InChI=1S/C27H40NP/c1-26(2)20-14-6-5-7-15-21-27(3,4)29(28-26,22-24-16-10-8-11-17-24)23-25-18-12-9-13-19-25/h8-13,16-19H,5-7,14-15,20-23H2,1-4H3. The average molecular weight is 410 g/mol. The normalized spacial score (nSPS) is 21.5. The van der Waals surface area contributed by atoms with E-state index in [-0.39, 0.29) is 10.7 Å². The largest absolute Gasteiger partial charge is 0.296 e. The van der Waals surface area contributed by atoms with Crippen LogP contribution in [0.5, 0.6) is 0 Å². The second-order valence-electron chi connectivity index (χ2n) is 10.2. The molecule has 0 aromatic heterocycles. The minimum Gasteiger partial charge on any atom is -0.296 e. The number of rotatable bonds is 4. The summed E-state index contributed by atoms with van der Waals surface area (Å²) in [4.78, 5) is 0. The van der Waals surface area contributed by atoms with Gasteiger partial charge in [-0.05, 0) is 44.9 Å². The molecule has 1 nitrogen and oxygen atoms in total. The van der Waals surface area contributed by atoms with Gasteiger partial charge in [0.15, 0.2) is 0 Å². The number of hydrogen-bond donors (Lipinski definition) is 0. The van der Waals surface area contributed by atoms with E-state index in [1.165, 1.54) is 56.1 Å². The maximum atomic E-state index is 5.90. The van der Waals surface area contributed by atoms with Crippen LogP contribution in [0.25, 0.3) is 0 Å². The van der Waals surface area contributed by atoms with Gasteiger partial charge in [-0.15, -0.1) is 0 Å². The van der Waals surface area contributed by atoms with Crippen molar-refractivity contribution in [1.29, 1.82) is 0 Å². The fourth-order valence-electron chi connectivity index (χ4n) is 4.88. The van der Waals surface area contributed by atoms with E-state index >= 15 is 0 Å². The minimum atomic E-state index is -1.67. The summed E-state index contributed by atoms with van der Waals surface area (Å²) in [5.41, 5.74) is 2.97. The molecular weight excluding hydrogens is 369 g/mol. The molecule has 0 bridgehead atoms. The van der Waals surface area contributed by atoms with Gasteiger partial charge in [-0.3, -0.25) is 4.74 Å². The Morgan fingerprint density at radius 2 is 1.10 bits per heavy atom. The molecule has 1 heterocycles. The minimum absolute atomic E-state index is 0.0545. The van der Waals surface area contributed by atoms with Crippen LogP contribution < -0.4 is 0 Å². The molecule has 2 aromatic rings. The highest BCUT2D eigenvalue weighted by Gasteiger charge is 2.39. The molecule has 158 valence electrons. The van der Waals surface area contributed by atoms with Crippen LogP contribution in [0.3, 0.4) is 0 Å². The molecule has 0 amide bonds. The van der Waals surface area contributed by atoms with Gasteiger partial charge in [0.2, 0.25) is 0 Å². The molecule has 0 N–H and O–H groups in total. The molecule has 1 aliphatic rings. The fourth-order valence-corrected chi connectivity index (χ4v) is 9.60. The third kappa shape index (κ3) is 6.08. The molecule has 29 heavy (non-hydrogen) atoms. The lowest BCUT2D eigenvalue weighted by atomic mass is 9.97. The van der Waals surface area contributed by atoms with Crippen LogP contribution in [-0.2, 0) is 12.3 Å². The zero-order valence-electron chi connectivity index (χ0n) is 19.0. The smallest absolute Gasteiger partial charge is 0.0537 e. The predicted molar refractivity (Wildman–Crippen MR) is 130 cm³/mol. The molecule has 3 rings (SSSR count). The SMILES string of the molecule is CC1(C)CCCCCCCC(C)(C)P(Cc2ccccc2)(Cc2ccccc2)=N1. The second-order valence-corrected chi connectivity index (χ2v) is 14.1. The van der Waals surface area contributed by atoms with Gasteiger partial charge in [-0.25, -0.2) is 0 Å². The van der Waals surface area contributed by atoms with Crippen molar-refractivity contribution in [3.05, 3.63) is 71.8 Å². The van der Waals surface area contributed by atoms with Crippen LogP contribution in [-0.4, -0.2) is 10.7 Å².